The van der Waals surface area contributed by atoms with Gasteiger partial charge in [0.2, 0.25) is 5.91 Å². The molecule has 0 bridgehead atoms. The normalized spacial score (nSPS) is 14.5. The number of primary amides is 1. The van der Waals surface area contributed by atoms with Crippen molar-refractivity contribution in [2.24, 2.45) is 11.7 Å². The highest BCUT2D eigenvalue weighted by Gasteiger charge is 2.30. The highest BCUT2D eigenvalue weighted by atomic mass is 19.1. The molecule has 8 heteroatoms. The highest BCUT2D eigenvalue weighted by Crippen LogP contribution is 2.25. The van der Waals surface area contributed by atoms with Crippen molar-refractivity contribution in [3.8, 4) is 0 Å². The van der Waals surface area contributed by atoms with E-state index in [4.69, 9.17) is 10.5 Å². The van der Waals surface area contributed by atoms with Crippen LogP contribution in [0.2, 0.25) is 0 Å². The summed E-state index contributed by atoms with van der Waals surface area (Å²) < 4.78 is 19.4. The molecule has 0 radical (unpaired) electrons. The summed E-state index contributed by atoms with van der Waals surface area (Å²) in [5.74, 6) is -2.10. The molecule has 0 aliphatic heterocycles. The zero-order valence-corrected chi connectivity index (χ0v) is 18.1. The average molecular weight is 432 g/mol. The fourth-order valence-corrected chi connectivity index (χ4v) is 3.14. The molecule has 0 saturated heterocycles. The number of aliphatic hydroxyl groups excluding tert-OH is 1. The Bertz CT molecular complexity index is 853. The van der Waals surface area contributed by atoms with Crippen LogP contribution < -0.4 is 5.73 Å². The molecule has 0 aliphatic carbocycles. The molecule has 1 heterocycles. The number of halogens is 1. The van der Waals surface area contributed by atoms with E-state index in [9.17, 15) is 19.1 Å². The second-order valence-corrected chi connectivity index (χ2v) is 8.34. The molecule has 0 spiro atoms. The Morgan fingerprint density at radius 1 is 1.19 bits per heavy atom. The lowest BCUT2D eigenvalue weighted by atomic mass is 9.89. The molecule has 0 fully saturated rings. The molecule has 168 valence electrons. The van der Waals surface area contributed by atoms with Gasteiger partial charge in [0, 0.05) is 18.5 Å². The summed E-state index contributed by atoms with van der Waals surface area (Å²) in [5, 5.41) is 10.8. The third-order valence-electron chi connectivity index (χ3n) is 4.97. The Kier molecular flexibility index (Phi) is 8.62. The molecule has 0 saturated carbocycles. The molecule has 1 aromatic heterocycles. The number of esters is 1. The fourth-order valence-electron chi connectivity index (χ4n) is 3.14. The van der Waals surface area contributed by atoms with Crippen molar-refractivity contribution >= 4 is 11.9 Å². The molecule has 31 heavy (non-hydrogen) atoms. The van der Waals surface area contributed by atoms with Gasteiger partial charge in [0.05, 0.1) is 18.0 Å². The second kappa shape index (κ2) is 10.9. The van der Waals surface area contributed by atoms with Crippen LogP contribution in [0, 0.1) is 12.8 Å². The number of aryl methyl sites for hydroxylation is 1. The quantitative estimate of drug-likeness (QED) is 0.529. The summed E-state index contributed by atoms with van der Waals surface area (Å²) in [5.41, 5.74) is 5.52. The Balaban J connectivity index is 2.16. The molecule has 3 atom stereocenters. The summed E-state index contributed by atoms with van der Waals surface area (Å²) in [6, 6.07) is 9.21. The van der Waals surface area contributed by atoms with E-state index in [1.165, 1.54) is 26.2 Å². The second-order valence-electron chi connectivity index (χ2n) is 8.34. The van der Waals surface area contributed by atoms with Crippen LogP contribution in [0.15, 0.2) is 42.7 Å². The van der Waals surface area contributed by atoms with Crippen molar-refractivity contribution in [1.29, 1.82) is 0 Å². The minimum absolute atomic E-state index is 0.0153. The van der Waals surface area contributed by atoms with E-state index in [2.05, 4.69) is 9.97 Å². The number of benzene rings is 1. The van der Waals surface area contributed by atoms with Gasteiger partial charge in [-0.1, -0.05) is 30.3 Å². The van der Waals surface area contributed by atoms with Crippen molar-refractivity contribution in [2.75, 3.05) is 0 Å². The van der Waals surface area contributed by atoms with Crippen molar-refractivity contribution in [2.45, 2.75) is 64.3 Å². The number of aliphatic hydroxyl groups is 1. The van der Waals surface area contributed by atoms with Gasteiger partial charge in [-0.25, -0.2) is 14.2 Å². The third-order valence-corrected chi connectivity index (χ3v) is 4.97. The van der Waals surface area contributed by atoms with Crippen molar-refractivity contribution in [3.05, 3.63) is 59.7 Å². The van der Waals surface area contributed by atoms with Crippen molar-refractivity contribution < 1.29 is 23.8 Å². The Morgan fingerprint density at radius 3 is 2.42 bits per heavy atom. The number of carbonyl (C=O) groups excluding carboxylic acids is 2. The number of amides is 1. The van der Waals surface area contributed by atoms with Gasteiger partial charge in [-0.2, -0.15) is 0 Å². The van der Waals surface area contributed by atoms with Crippen LogP contribution in [0.25, 0.3) is 0 Å². The SMILES string of the molecule is Cc1cnc(C(=O)O[C@@H](Cc2ccccc2)[C@@H](O)C[C@@H](CCC(C)(C)F)C(N)=O)cn1. The summed E-state index contributed by atoms with van der Waals surface area (Å²) in [6.07, 6.45) is 1.12. The van der Waals surface area contributed by atoms with Crippen LogP contribution >= 0.6 is 0 Å². The van der Waals surface area contributed by atoms with Gasteiger partial charge in [0.1, 0.15) is 11.8 Å². The minimum atomic E-state index is -1.46. The highest BCUT2D eigenvalue weighted by molar-refractivity contribution is 5.87. The molecule has 0 aliphatic rings. The predicted molar refractivity (Wildman–Crippen MR) is 114 cm³/mol. The number of ether oxygens (including phenoxy) is 1. The standard InChI is InChI=1S/C23H30FN3O4/c1-15-13-27-18(14-26-15)22(30)31-20(11-16-7-5-4-6-8-16)19(28)12-17(21(25)29)9-10-23(2,3)24/h4-8,13-14,17,19-20,28H,9-12H2,1-3H3,(H2,25,29)/t17-,19+,20+/m1/s1. The van der Waals surface area contributed by atoms with Gasteiger partial charge < -0.3 is 15.6 Å². The first-order valence-corrected chi connectivity index (χ1v) is 10.2. The molecule has 2 rings (SSSR count). The number of hydrogen-bond acceptors (Lipinski definition) is 6. The topological polar surface area (TPSA) is 115 Å². The maximum absolute atomic E-state index is 13.9. The van der Waals surface area contributed by atoms with E-state index < -0.39 is 35.7 Å². The van der Waals surface area contributed by atoms with Gasteiger partial charge in [-0.3, -0.25) is 9.78 Å². The number of alkyl halides is 1. The van der Waals surface area contributed by atoms with E-state index in [1.54, 1.807) is 6.92 Å². The van der Waals surface area contributed by atoms with Crippen LogP contribution in [0.3, 0.4) is 0 Å². The lowest BCUT2D eigenvalue weighted by Gasteiger charge is -2.26. The van der Waals surface area contributed by atoms with Crippen molar-refractivity contribution in [3.63, 3.8) is 0 Å². The third kappa shape index (κ3) is 8.41. The Morgan fingerprint density at radius 2 is 1.87 bits per heavy atom. The van der Waals surface area contributed by atoms with E-state index in [0.29, 0.717) is 5.69 Å². The van der Waals surface area contributed by atoms with Gasteiger partial charge >= 0.3 is 5.97 Å². The maximum Gasteiger partial charge on any atom is 0.358 e. The Labute approximate surface area is 181 Å². The summed E-state index contributed by atoms with van der Waals surface area (Å²) in [7, 11) is 0. The van der Waals surface area contributed by atoms with Crippen LogP contribution in [-0.4, -0.2) is 44.8 Å². The van der Waals surface area contributed by atoms with Gasteiger partial charge in [-0.15, -0.1) is 0 Å². The number of rotatable bonds is 11. The Hall–Kier alpha value is -2.87. The van der Waals surface area contributed by atoms with Gasteiger partial charge in [-0.05, 0) is 45.6 Å². The van der Waals surface area contributed by atoms with Crippen LogP contribution in [0.1, 0.15) is 54.9 Å². The zero-order chi connectivity index (χ0) is 23.0. The van der Waals surface area contributed by atoms with Crippen LogP contribution in [-0.2, 0) is 16.0 Å². The monoisotopic (exact) mass is 431 g/mol. The zero-order valence-electron chi connectivity index (χ0n) is 18.1. The summed E-state index contributed by atoms with van der Waals surface area (Å²) in [6.45, 7) is 4.58. The first kappa shape index (κ1) is 24.4. The van der Waals surface area contributed by atoms with Crippen LogP contribution in [0.4, 0.5) is 4.39 Å². The maximum atomic E-state index is 13.9. The largest absolute Gasteiger partial charge is 0.454 e. The number of carbonyl (C=O) groups is 2. The summed E-state index contributed by atoms with van der Waals surface area (Å²) in [4.78, 5) is 32.5. The molecule has 2 aromatic rings. The smallest absolute Gasteiger partial charge is 0.358 e. The number of hydrogen-bond donors (Lipinski definition) is 2. The van der Waals surface area contributed by atoms with E-state index >= 15 is 0 Å². The lowest BCUT2D eigenvalue weighted by molar-refractivity contribution is -0.124. The average Bonchev–Trinajstić information content (AvgIpc) is 2.70. The molecule has 1 aromatic carbocycles. The minimum Gasteiger partial charge on any atom is -0.454 e. The van der Waals surface area contributed by atoms with Crippen LogP contribution in [0.5, 0.6) is 0 Å². The molecule has 7 nitrogen and oxygen atoms in total. The van der Waals surface area contributed by atoms with Gasteiger partial charge in [0.15, 0.2) is 5.69 Å². The number of nitrogens with two attached hydrogens (primary N) is 1. The predicted octanol–water partition coefficient (Wildman–Crippen LogP) is 2.93. The first-order chi connectivity index (χ1) is 14.5. The first-order valence-electron chi connectivity index (χ1n) is 10.2. The molecular weight excluding hydrogens is 401 g/mol. The van der Waals surface area contributed by atoms with Crippen molar-refractivity contribution in [1.82, 2.24) is 9.97 Å². The fraction of sp³-hybridized carbons (Fsp3) is 0.478. The van der Waals surface area contributed by atoms with Gasteiger partial charge in [0.25, 0.3) is 0 Å². The molecular formula is C23H30FN3O4. The van der Waals surface area contributed by atoms with E-state index in [0.717, 1.165) is 5.56 Å². The molecule has 3 N–H and O–H groups in total. The number of nitrogens with zero attached hydrogens (tertiary/aromatic N) is 2. The van der Waals surface area contributed by atoms with E-state index in [-0.39, 0.29) is 31.4 Å². The molecule has 1 amide bonds. The molecule has 0 unspecified atom stereocenters. The number of aromatic nitrogens is 2. The summed E-state index contributed by atoms with van der Waals surface area (Å²) >= 11 is 0. The lowest BCUT2D eigenvalue weighted by Crippen LogP contribution is -2.38. The van der Waals surface area contributed by atoms with E-state index in [1.807, 2.05) is 30.3 Å².